The summed E-state index contributed by atoms with van der Waals surface area (Å²) in [6.45, 7) is 8.97. The Kier molecular flexibility index (Phi) is 8.96. The molecule has 0 unspecified atom stereocenters. The van der Waals surface area contributed by atoms with Gasteiger partial charge in [0.1, 0.15) is 9.84 Å². The Morgan fingerprint density at radius 2 is 1.69 bits per heavy atom. The van der Waals surface area contributed by atoms with E-state index in [0.717, 1.165) is 12.5 Å². The molecule has 29 heavy (non-hydrogen) atoms. The average molecular weight is 423 g/mol. The molecule has 0 amide bonds. The van der Waals surface area contributed by atoms with E-state index in [1.54, 1.807) is 7.05 Å². The third-order valence-electron chi connectivity index (χ3n) is 5.45. The van der Waals surface area contributed by atoms with Gasteiger partial charge < -0.3 is 10.6 Å². The van der Waals surface area contributed by atoms with E-state index >= 15 is 0 Å². The van der Waals surface area contributed by atoms with E-state index in [9.17, 15) is 8.42 Å². The van der Waals surface area contributed by atoms with Gasteiger partial charge in [0, 0.05) is 32.9 Å². The van der Waals surface area contributed by atoms with Crippen LogP contribution in [0.15, 0.2) is 29.3 Å². The fourth-order valence-electron chi connectivity index (χ4n) is 3.42. The molecule has 0 atom stereocenters. The molecule has 1 aromatic rings. The van der Waals surface area contributed by atoms with Gasteiger partial charge in [-0.3, -0.25) is 9.89 Å². The molecule has 0 bridgehead atoms. The lowest BCUT2D eigenvalue weighted by atomic mass is 9.90. The van der Waals surface area contributed by atoms with E-state index in [4.69, 9.17) is 0 Å². The molecule has 1 fully saturated rings. The molecule has 0 aliphatic carbocycles. The minimum absolute atomic E-state index is 0.128. The van der Waals surface area contributed by atoms with Crippen LogP contribution in [0.5, 0.6) is 0 Å². The fraction of sp³-hybridized carbons (Fsp3) is 0.682. The SMILES string of the molecule is CN=C(NCc1ccc(CN2CCCCC2)cc1)NCC(C)(C)CCS(C)(=O)=O. The van der Waals surface area contributed by atoms with Crippen molar-refractivity contribution in [2.45, 2.75) is 52.6 Å². The molecule has 7 heteroatoms. The quantitative estimate of drug-likeness (QED) is 0.473. The van der Waals surface area contributed by atoms with Crippen LogP contribution < -0.4 is 10.6 Å². The smallest absolute Gasteiger partial charge is 0.191 e. The third kappa shape index (κ3) is 9.63. The van der Waals surface area contributed by atoms with Crippen LogP contribution in [0.3, 0.4) is 0 Å². The fourth-order valence-corrected chi connectivity index (χ4v) is 4.34. The van der Waals surface area contributed by atoms with Crippen molar-refractivity contribution in [3.8, 4) is 0 Å². The Labute approximate surface area is 177 Å². The van der Waals surface area contributed by atoms with Crippen molar-refractivity contribution in [3.63, 3.8) is 0 Å². The summed E-state index contributed by atoms with van der Waals surface area (Å²) in [6, 6.07) is 8.79. The topological polar surface area (TPSA) is 73.8 Å². The van der Waals surface area contributed by atoms with Crippen LogP contribution in [0.4, 0.5) is 0 Å². The van der Waals surface area contributed by atoms with Gasteiger partial charge in [0.2, 0.25) is 0 Å². The van der Waals surface area contributed by atoms with Gasteiger partial charge >= 0.3 is 0 Å². The molecule has 0 spiro atoms. The molecule has 6 nitrogen and oxygen atoms in total. The summed E-state index contributed by atoms with van der Waals surface area (Å²) >= 11 is 0. The number of sulfone groups is 1. The molecule has 0 radical (unpaired) electrons. The maximum absolute atomic E-state index is 11.4. The summed E-state index contributed by atoms with van der Waals surface area (Å²) in [5.74, 6) is 0.937. The number of hydrogen-bond donors (Lipinski definition) is 2. The van der Waals surface area contributed by atoms with Gasteiger partial charge in [-0.25, -0.2) is 8.42 Å². The van der Waals surface area contributed by atoms with Gasteiger partial charge in [0.15, 0.2) is 5.96 Å². The zero-order valence-electron chi connectivity index (χ0n) is 18.5. The Hall–Kier alpha value is -1.60. The second kappa shape index (κ2) is 11.0. The van der Waals surface area contributed by atoms with Crippen LogP contribution in [0, 0.1) is 5.41 Å². The Morgan fingerprint density at radius 3 is 2.28 bits per heavy atom. The van der Waals surface area contributed by atoms with Gasteiger partial charge in [-0.2, -0.15) is 0 Å². The van der Waals surface area contributed by atoms with E-state index < -0.39 is 9.84 Å². The van der Waals surface area contributed by atoms with Crippen molar-refractivity contribution >= 4 is 15.8 Å². The molecule has 1 aliphatic rings. The molecule has 2 N–H and O–H groups in total. The third-order valence-corrected chi connectivity index (χ3v) is 6.39. The molecule has 0 saturated carbocycles. The second-order valence-electron chi connectivity index (χ2n) is 8.98. The maximum atomic E-state index is 11.4. The van der Waals surface area contributed by atoms with Gasteiger partial charge in [-0.1, -0.05) is 44.5 Å². The number of nitrogens with zero attached hydrogens (tertiary/aromatic N) is 2. The number of piperidine rings is 1. The molecule has 1 heterocycles. The summed E-state index contributed by atoms with van der Waals surface area (Å²) in [5.41, 5.74) is 2.45. The highest BCUT2D eigenvalue weighted by Gasteiger charge is 2.20. The van der Waals surface area contributed by atoms with E-state index in [0.29, 0.717) is 19.5 Å². The Balaban J connectivity index is 1.76. The minimum atomic E-state index is -2.94. The van der Waals surface area contributed by atoms with Crippen LogP contribution in [0.2, 0.25) is 0 Å². The van der Waals surface area contributed by atoms with E-state index in [1.165, 1.54) is 49.7 Å². The molecule has 1 aliphatic heterocycles. The first-order chi connectivity index (χ1) is 13.7. The number of aliphatic imine (C=N–C) groups is 1. The summed E-state index contributed by atoms with van der Waals surface area (Å²) in [4.78, 5) is 6.82. The lowest BCUT2D eigenvalue weighted by molar-refractivity contribution is 0.221. The predicted octanol–water partition coefficient (Wildman–Crippen LogP) is 2.80. The van der Waals surface area contributed by atoms with Crippen molar-refractivity contribution in [3.05, 3.63) is 35.4 Å². The lowest BCUT2D eigenvalue weighted by Gasteiger charge is -2.26. The van der Waals surface area contributed by atoms with Crippen molar-refractivity contribution in [1.29, 1.82) is 0 Å². The predicted molar refractivity (Wildman–Crippen MR) is 122 cm³/mol. The highest BCUT2D eigenvalue weighted by atomic mass is 32.2. The number of rotatable bonds is 9. The highest BCUT2D eigenvalue weighted by molar-refractivity contribution is 7.90. The number of likely N-dealkylation sites (tertiary alicyclic amines) is 1. The summed E-state index contributed by atoms with van der Waals surface area (Å²) in [6.07, 6.45) is 5.91. The number of guanidine groups is 1. The Bertz CT molecular complexity index is 752. The molecular formula is C22H38N4O2S. The van der Waals surface area contributed by atoms with E-state index in [1.807, 2.05) is 0 Å². The summed E-state index contributed by atoms with van der Waals surface area (Å²) in [5, 5.41) is 6.66. The van der Waals surface area contributed by atoms with E-state index in [2.05, 4.69) is 58.6 Å². The van der Waals surface area contributed by atoms with Crippen LogP contribution in [0.1, 0.15) is 50.7 Å². The summed E-state index contributed by atoms with van der Waals surface area (Å²) in [7, 11) is -1.19. The van der Waals surface area contributed by atoms with Gasteiger partial charge in [-0.05, 0) is 48.9 Å². The number of hydrogen-bond acceptors (Lipinski definition) is 4. The van der Waals surface area contributed by atoms with Crippen molar-refractivity contribution in [2.24, 2.45) is 10.4 Å². The highest BCUT2D eigenvalue weighted by Crippen LogP contribution is 2.19. The standard InChI is InChI=1S/C22H38N4O2S/c1-22(2,12-15-29(4,27)28)18-25-21(23-3)24-16-19-8-10-20(11-9-19)17-26-13-6-5-7-14-26/h8-11H,5-7,12-18H2,1-4H3,(H2,23,24,25). The normalized spacial score (nSPS) is 16.6. The maximum Gasteiger partial charge on any atom is 0.191 e. The van der Waals surface area contributed by atoms with Crippen LogP contribution >= 0.6 is 0 Å². The van der Waals surface area contributed by atoms with Crippen molar-refractivity contribution < 1.29 is 8.42 Å². The molecule has 164 valence electrons. The molecule has 0 aromatic heterocycles. The first kappa shape index (κ1) is 23.7. The number of nitrogens with one attached hydrogen (secondary N) is 2. The summed E-state index contributed by atoms with van der Waals surface area (Å²) < 4.78 is 22.8. The van der Waals surface area contributed by atoms with Gasteiger partial charge in [0.05, 0.1) is 5.75 Å². The average Bonchev–Trinajstić information content (AvgIpc) is 2.68. The molecule has 1 aromatic carbocycles. The van der Waals surface area contributed by atoms with Gasteiger partial charge in [-0.15, -0.1) is 0 Å². The first-order valence-corrected chi connectivity index (χ1v) is 12.7. The minimum Gasteiger partial charge on any atom is -0.356 e. The second-order valence-corrected chi connectivity index (χ2v) is 11.2. The molecule has 2 rings (SSSR count). The monoisotopic (exact) mass is 422 g/mol. The first-order valence-electron chi connectivity index (χ1n) is 10.6. The molecule has 1 saturated heterocycles. The number of benzene rings is 1. The van der Waals surface area contributed by atoms with Gasteiger partial charge in [0.25, 0.3) is 0 Å². The van der Waals surface area contributed by atoms with E-state index in [-0.39, 0.29) is 11.2 Å². The zero-order valence-corrected chi connectivity index (χ0v) is 19.3. The lowest BCUT2D eigenvalue weighted by Crippen LogP contribution is -2.42. The zero-order chi connectivity index (χ0) is 21.3. The van der Waals surface area contributed by atoms with Crippen LogP contribution in [-0.4, -0.2) is 58.0 Å². The van der Waals surface area contributed by atoms with Crippen LogP contribution in [0.25, 0.3) is 0 Å². The molecular weight excluding hydrogens is 384 g/mol. The van der Waals surface area contributed by atoms with Crippen molar-refractivity contribution in [2.75, 3.05) is 38.7 Å². The Morgan fingerprint density at radius 1 is 1.07 bits per heavy atom. The van der Waals surface area contributed by atoms with Crippen molar-refractivity contribution in [1.82, 2.24) is 15.5 Å². The van der Waals surface area contributed by atoms with Crippen LogP contribution in [-0.2, 0) is 22.9 Å². The largest absolute Gasteiger partial charge is 0.356 e.